The first-order valence-corrected chi connectivity index (χ1v) is 13.8. The summed E-state index contributed by atoms with van der Waals surface area (Å²) >= 11 is 0. The maximum Gasteiger partial charge on any atom is 0.471 e. The Morgan fingerprint density at radius 1 is 1.05 bits per heavy atom. The largest absolute Gasteiger partial charge is 0.487 e. The van der Waals surface area contributed by atoms with Crippen LogP contribution in [0.15, 0.2) is 96.5 Å². The number of fused-ring (bicyclic) bond motifs is 1. The molecular weight excluding hydrogens is 559 g/mol. The highest BCUT2D eigenvalue weighted by molar-refractivity contribution is 7.90. The number of aryl methyl sites for hydroxylation is 1. The summed E-state index contributed by atoms with van der Waals surface area (Å²) in [5, 5.41) is 2.02. The number of amides is 2. The van der Waals surface area contributed by atoms with Gasteiger partial charge in [-0.2, -0.15) is 13.2 Å². The first kappa shape index (κ1) is 29.4. The second-order valence-corrected chi connectivity index (χ2v) is 10.8. The van der Waals surface area contributed by atoms with E-state index in [1.165, 1.54) is 30.5 Å². The zero-order valence-corrected chi connectivity index (χ0v) is 22.7. The van der Waals surface area contributed by atoms with Crippen molar-refractivity contribution in [3.63, 3.8) is 0 Å². The summed E-state index contributed by atoms with van der Waals surface area (Å²) in [6, 6.07) is 19.9. The van der Waals surface area contributed by atoms with Crippen LogP contribution in [0.25, 0.3) is 10.9 Å². The Morgan fingerprint density at radius 2 is 1.68 bits per heavy atom. The van der Waals surface area contributed by atoms with E-state index in [-0.39, 0.29) is 35.0 Å². The Morgan fingerprint density at radius 3 is 2.29 bits per heavy atom. The van der Waals surface area contributed by atoms with Gasteiger partial charge in [0.05, 0.1) is 11.4 Å². The van der Waals surface area contributed by atoms with Crippen LogP contribution in [-0.4, -0.2) is 43.5 Å². The minimum Gasteiger partial charge on any atom is -0.487 e. The third-order valence-electron chi connectivity index (χ3n) is 6.14. The minimum absolute atomic E-state index is 0.0545. The molecule has 0 bridgehead atoms. The van der Waals surface area contributed by atoms with Gasteiger partial charge in [0.1, 0.15) is 17.9 Å². The smallest absolute Gasteiger partial charge is 0.471 e. The maximum atomic E-state index is 13.6. The van der Waals surface area contributed by atoms with E-state index in [2.05, 4.69) is 6.58 Å². The fraction of sp³-hybridized carbons (Fsp3) is 0.172. The fourth-order valence-corrected chi connectivity index (χ4v) is 5.61. The minimum atomic E-state index is -5.15. The van der Waals surface area contributed by atoms with E-state index in [1.807, 2.05) is 30.3 Å². The Balaban J connectivity index is 1.83. The van der Waals surface area contributed by atoms with Gasteiger partial charge in [0, 0.05) is 29.9 Å². The number of aromatic nitrogens is 1. The average molecular weight is 586 g/mol. The van der Waals surface area contributed by atoms with Crippen LogP contribution in [0.4, 0.5) is 18.9 Å². The van der Waals surface area contributed by atoms with Gasteiger partial charge in [0.15, 0.2) is 0 Å². The van der Waals surface area contributed by atoms with Crippen LogP contribution in [-0.2, 0) is 26.2 Å². The number of alkyl halides is 3. The molecule has 0 aliphatic heterocycles. The molecule has 8 nitrogen and oxygen atoms in total. The Labute approximate surface area is 234 Å². The van der Waals surface area contributed by atoms with Gasteiger partial charge in [0.25, 0.3) is 10.0 Å². The lowest BCUT2D eigenvalue weighted by Crippen LogP contribution is -2.44. The standard InChI is InChI=1S/C29H26F3N3O5S/c1-3-14-34(26(36)17-33-28(37)29(30,31)32)22-15-24-20(2)18-35(41(38,39)23-12-8-5-9-13-23)27(24)25(16-22)40-19-21-10-6-4-7-11-21/h3-13,15-16,18H,1,14,17,19H2,2H3,(H,33,37). The summed E-state index contributed by atoms with van der Waals surface area (Å²) in [4.78, 5) is 25.4. The highest BCUT2D eigenvalue weighted by atomic mass is 32.2. The maximum absolute atomic E-state index is 13.6. The van der Waals surface area contributed by atoms with Gasteiger partial charge in [-0.25, -0.2) is 12.4 Å². The molecule has 0 unspecified atom stereocenters. The molecule has 4 aromatic rings. The van der Waals surface area contributed by atoms with Gasteiger partial charge in [-0.1, -0.05) is 54.6 Å². The second kappa shape index (κ2) is 11.9. The van der Waals surface area contributed by atoms with E-state index in [1.54, 1.807) is 36.5 Å². The van der Waals surface area contributed by atoms with Crippen molar-refractivity contribution < 1.29 is 35.9 Å². The van der Waals surface area contributed by atoms with E-state index in [4.69, 9.17) is 4.74 Å². The normalized spacial score (nSPS) is 11.7. The monoisotopic (exact) mass is 585 g/mol. The van der Waals surface area contributed by atoms with E-state index in [0.29, 0.717) is 10.9 Å². The lowest BCUT2D eigenvalue weighted by molar-refractivity contribution is -0.173. The molecule has 214 valence electrons. The van der Waals surface area contributed by atoms with Gasteiger partial charge in [-0.15, -0.1) is 6.58 Å². The molecular formula is C29H26F3N3O5S. The van der Waals surface area contributed by atoms with Crippen LogP contribution in [0.5, 0.6) is 5.75 Å². The first-order valence-electron chi connectivity index (χ1n) is 12.3. The molecule has 3 aromatic carbocycles. The molecule has 0 aliphatic rings. The lowest BCUT2D eigenvalue weighted by Gasteiger charge is -2.23. The van der Waals surface area contributed by atoms with Crippen LogP contribution in [0.1, 0.15) is 11.1 Å². The van der Waals surface area contributed by atoms with E-state index >= 15 is 0 Å². The Kier molecular flexibility index (Phi) is 8.52. The van der Waals surface area contributed by atoms with E-state index < -0.39 is 34.6 Å². The van der Waals surface area contributed by atoms with Crippen LogP contribution >= 0.6 is 0 Å². The molecule has 0 aliphatic carbocycles. The molecule has 0 saturated heterocycles. The summed E-state index contributed by atoms with van der Waals surface area (Å²) in [5.74, 6) is -2.97. The number of halogens is 3. The van der Waals surface area contributed by atoms with Crippen molar-refractivity contribution in [1.82, 2.24) is 9.29 Å². The fourth-order valence-electron chi connectivity index (χ4n) is 4.16. The highest BCUT2D eigenvalue weighted by Crippen LogP contribution is 2.37. The molecule has 0 atom stereocenters. The van der Waals surface area contributed by atoms with Crippen molar-refractivity contribution in [3.8, 4) is 5.75 Å². The van der Waals surface area contributed by atoms with Gasteiger partial charge in [0.2, 0.25) is 5.91 Å². The van der Waals surface area contributed by atoms with Crippen LogP contribution < -0.4 is 15.0 Å². The number of benzene rings is 3. The van der Waals surface area contributed by atoms with Gasteiger partial charge in [-0.3, -0.25) is 9.59 Å². The summed E-state index contributed by atoms with van der Waals surface area (Å²) in [5.41, 5.74) is 1.77. The number of anilines is 1. The summed E-state index contributed by atoms with van der Waals surface area (Å²) < 4.78 is 72.5. The summed E-state index contributed by atoms with van der Waals surface area (Å²) in [6.45, 7) is 4.34. The van der Waals surface area contributed by atoms with Crippen molar-refractivity contribution in [2.75, 3.05) is 18.0 Å². The molecule has 0 fully saturated rings. The number of carbonyl (C=O) groups is 2. The number of carbonyl (C=O) groups excluding carboxylic acids is 2. The highest BCUT2D eigenvalue weighted by Gasteiger charge is 2.39. The molecule has 41 heavy (non-hydrogen) atoms. The van der Waals surface area contributed by atoms with Crippen LogP contribution in [0.3, 0.4) is 0 Å². The van der Waals surface area contributed by atoms with Crippen molar-refractivity contribution in [2.45, 2.75) is 24.6 Å². The third kappa shape index (κ3) is 6.43. The van der Waals surface area contributed by atoms with E-state index in [0.717, 1.165) is 14.4 Å². The molecule has 12 heteroatoms. The zero-order chi connectivity index (χ0) is 29.8. The number of hydrogen-bond acceptors (Lipinski definition) is 5. The Hall–Kier alpha value is -4.58. The first-order chi connectivity index (χ1) is 19.4. The molecule has 0 saturated carbocycles. The van der Waals surface area contributed by atoms with Crippen molar-refractivity contribution in [2.24, 2.45) is 0 Å². The number of rotatable bonds is 10. The van der Waals surface area contributed by atoms with Gasteiger partial charge >= 0.3 is 12.1 Å². The van der Waals surface area contributed by atoms with Gasteiger partial charge < -0.3 is 15.0 Å². The van der Waals surface area contributed by atoms with Crippen molar-refractivity contribution in [1.29, 1.82) is 0 Å². The number of nitrogens with zero attached hydrogens (tertiary/aromatic N) is 2. The number of ether oxygens (including phenoxy) is 1. The van der Waals surface area contributed by atoms with E-state index in [9.17, 15) is 31.2 Å². The molecule has 0 radical (unpaired) electrons. The second-order valence-electron chi connectivity index (χ2n) is 9.01. The Bertz CT molecular complexity index is 1690. The third-order valence-corrected chi connectivity index (χ3v) is 7.81. The van der Waals surface area contributed by atoms with Gasteiger partial charge in [-0.05, 0) is 36.2 Å². The number of nitrogens with one attached hydrogen (secondary N) is 1. The van der Waals surface area contributed by atoms with Crippen LogP contribution in [0.2, 0.25) is 0 Å². The molecule has 1 heterocycles. The van der Waals surface area contributed by atoms with Crippen molar-refractivity contribution >= 4 is 38.4 Å². The molecule has 2 amide bonds. The quantitative estimate of drug-likeness (QED) is 0.265. The predicted molar refractivity (Wildman–Crippen MR) is 148 cm³/mol. The topological polar surface area (TPSA) is 97.7 Å². The molecule has 0 spiro atoms. The number of hydrogen-bond donors (Lipinski definition) is 1. The van der Waals surface area contributed by atoms with Crippen LogP contribution in [0, 0.1) is 6.92 Å². The predicted octanol–water partition coefficient (Wildman–Crippen LogP) is 4.96. The zero-order valence-electron chi connectivity index (χ0n) is 21.9. The molecule has 1 N–H and O–H groups in total. The van der Waals surface area contributed by atoms with Crippen molar-refractivity contribution in [3.05, 3.63) is 103 Å². The lowest BCUT2D eigenvalue weighted by atomic mass is 10.1. The summed E-state index contributed by atoms with van der Waals surface area (Å²) in [7, 11) is -4.06. The molecule has 4 rings (SSSR count). The molecule has 1 aromatic heterocycles. The average Bonchev–Trinajstić information content (AvgIpc) is 3.30. The SMILES string of the molecule is C=CCN(C(=O)CNC(=O)C(F)(F)F)c1cc(OCc2ccccc2)c2c(c1)c(C)cn2S(=O)(=O)c1ccccc1. The summed E-state index contributed by atoms with van der Waals surface area (Å²) in [6.07, 6.45) is -2.34.